The van der Waals surface area contributed by atoms with Gasteiger partial charge in [0.05, 0.1) is 10.9 Å². The second-order valence-electron chi connectivity index (χ2n) is 5.82. The first-order valence-corrected chi connectivity index (χ1v) is 7.57. The predicted octanol–water partition coefficient (Wildman–Crippen LogP) is 2.02. The average molecular weight is 365 g/mol. The van der Waals surface area contributed by atoms with Crippen molar-refractivity contribution in [2.24, 2.45) is 7.05 Å². The molecule has 128 valence electrons. The highest BCUT2D eigenvalue weighted by atomic mass is 35.5. The van der Waals surface area contributed by atoms with E-state index in [-0.39, 0.29) is 38.3 Å². The SMILES string of the molecule is Cn1nc2c3c(c(N)cc2c1F)C(O)(c1cc(F)ccc1Cl)NC3=O. The van der Waals surface area contributed by atoms with Gasteiger partial charge in [-0.05, 0) is 24.3 Å². The van der Waals surface area contributed by atoms with Gasteiger partial charge in [0.1, 0.15) is 11.3 Å². The Labute approximate surface area is 144 Å². The number of nitrogen functional groups attached to an aromatic ring is 1. The van der Waals surface area contributed by atoms with E-state index in [2.05, 4.69) is 10.4 Å². The Kier molecular flexibility index (Phi) is 3.10. The lowest BCUT2D eigenvalue weighted by Crippen LogP contribution is -2.40. The van der Waals surface area contributed by atoms with E-state index in [1.54, 1.807) is 0 Å². The molecule has 0 bridgehead atoms. The molecule has 2 heterocycles. The molecule has 1 amide bonds. The van der Waals surface area contributed by atoms with Crippen LogP contribution < -0.4 is 11.1 Å². The Hall–Kier alpha value is -2.71. The molecule has 0 saturated heterocycles. The number of hydrogen-bond donors (Lipinski definition) is 3. The Balaban J connectivity index is 2.10. The van der Waals surface area contributed by atoms with Gasteiger partial charge >= 0.3 is 0 Å². The Morgan fingerprint density at radius 1 is 1.36 bits per heavy atom. The number of nitrogens with one attached hydrogen (secondary N) is 1. The van der Waals surface area contributed by atoms with Crippen molar-refractivity contribution in [3.63, 3.8) is 0 Å². The van der Waals surface area contributed by atoms with Crippen LogP contribution in [0.2, 0.25) is 5.02 Å². The molecule has 1 unspecified atom stereocenters. The molecule has 4 rings (SSSR count). The zero-order valence-electron chi connectivity index (χ0n) is 12.8. The van der Waals surface area contributed by atoms with Crippen molar-refractivity contribution in [3.8, 4) is 0 Å². The number of aryl methyl sites for hydroxylation is 1. The number of halogens is 3. The molecule has 9 heteroatoms. The van der Waals surface area contributed by atoms with E-state index in [0.29, 0.717) is 0 Å². The van der Waals surface area contributed by atoms with Crippen LogP contribution in [-0.4, -0.2) is 20.8 Å². The number of aliphatic hydroxyl groups is 1. The van der Waals surface area contributed by atoms with Crippen LogP contribution in [0.15, 0.2) is 24.3 Å². The predicted molar refractivity (Wildman–Crippen MR) is 87.0 cm³/mol. The molecule has 2 aromatic carbocycles. The van der Waals surface area contributed by atoms with Crippen LogP contribution in [0.3, 0.4) is 0 Å². The Morgan fingerprint density at radius 2 is 2.08 bits per heavy atom. The minimum atomic E-state index is -2.15. The van der Waals surface area contributed by atoms with Crippen molar-refractivity contribution in [1.82, 2.24) is 15.1 Å². The summed E-state index contributed by atoms with van der Waals surface area (Å²) in [5.74, 6) is -2.04. The maximum Gasteiger partial charge on any atom is 0.256 e. The molecule has 1 aromatic heterocycles. The molecule has 1 aliphatic rings. The first-order valence-electron chi connectivity index (χ1n) is 7.19. The third-order valence-corrected chi connectivity index (χ3v) is 4.62. The lowest BCUT2D eigenvalue weighted by Gasteiger charge is -2.26. The summed E-state index contributed by atoms with van der Waals surface area (Å²) in [7, 11) is 1.38. The zero-order valence-corrected chi connectivity index (χ0v) is 13.5. The summed E-state index contributed by atoms with van der Waals surface area (Å²) in [5.41, 5.74) is 3.65. The fourth-order valence-corrected chi connectivity index (χ4v) is 3.45. The highest BCUT2D eigenvalue weighted by Crippen LogP contribution is 2.44. The number of nitrogens with zero attached hydrogens (tertiary/aromatic N) is 2. The van der Waals surface area contributed by atoms with E-state index < -0.39 is 23.4 Å². The molecule has 0 aliphatic carbocycles. The number of fused-ring (bicyclic) bond motifs is 3. The molecule has 4 N–H and O–H groups in total. The normalized spacial score (nSPS) is 19.3. The third kappa shape index (κ3) is 1.98. The maximum absolute atomic E-state index is 14.1. The minimum absolute atomic E-state index is 0.0312. The number of rotatable bonds is 1. The molecule has 3 aromatic rings. The fourth-order valence-electron chi connectivity index (χ4n) is 3.20. The third-order valence-electron chi connectivity index (χ3n) is 4.29. The van der Waals surface area contributed by atoms with Crippen LogP contribution in [0, 0.1) is 11.8 Å². The quantitative estimate of drug-likeness (QED) is 0.576. The summed E-state index contributed by atoms with van der Waals surface area (Å²) in [6.07, 6.45) is 0. The van der Waals surface area contributed by atoms with Crippen LogP contribution >= 0.6 is 11.6 Å². The molecule has 1 atom stereocenters. The van der Waals surface area contributed by atoms with Gasteiger partial charge in [0.2, 0.25) is 5.95 Å². The van der Waals surface area contributed by atoms with Crippen molar-refractivity contribution < 1.29 is 18.7 Å². The first-order chi connectivity index (χ1) is 11.7. The van der Waals surface area contributed by atoms with E-state index >= 15 is 0 Å². The minimum Gasteiger partial charge on any atom is -0.398 e. The number of carbonyl (C=O) groups is 1. The van der Waals surface area contributed by atoms with Crippen LogP contribution in [-0.2, 0) is 12.8 Å². The van der Waals surface area contributed by atoms with Crippen LogP contribution in [0.1, 0.15) is 21.5 Å². The second-order valence-corrected chi connectivity index (χ2v) is 6.22. The van der Waals surface area contributed by atoms with Crippen LogP contribution in [0.4, 0.5) is 14.5 Å². The number of anilines is 1. The van der Waals surface area contributed by atoms with Crippen molar-refractivity contribution in [2.45, 2.75) is 5.72 Å². The van der Waals surface area contributed by atoms with Gasteiger partial charge in [-0.2, -0.15) is 9.49 Å². The summed E-state index contributed by atoms with van der Waals surface area (Å²) in [5, 5.41) is 17.5. The topological polar surface area (TPSA) is 93.2 Å². The standard InChI is InChI=1S/C16H11ClF2N4O2/c1-23-14(19)7-5-10(20)12-11(13(7)22-23)15(24)21-16(12,25)8-4-6(18)2-3-9(8)17/h2-5,25H,20H2,1H3,(H,21,24). The molecular weight excluding hydrogens is 354 g/mol. The van der Waals surface area contributed by atoms with Crippen molar-refractivity contribution in [1.29, 1.82) is 0 Å². The number of benzene rings is 2. The zero-order chi connectivity index (χ0) is 18.1. The molecule has 0 saturated carbocycles. The summed E-state index contributed by atoms with van der Waals surface area (Å²) >= 11 is 6.08. The molecule has 1 aliphatic heterocycles. The molecular formula is C16H11ClF2N4O2. The molecule has 0 radical (unpaired) electrons. The van der Waals surface area contributed by atoms with Crippen LogP contribution in [0.25, 0.3) is 10.9 Å². The number of hydrogen-bond acceptors (Lipinski definition) is 4. The van der Waals surface area contributed by atoms with Gasteiger partial charge in [0.25, 0.3) is 5.91 Å². The summed E-state index contributed by atoms with van der Waals surface area (Å²) in [6, 6.07) is 4.65. The van der Waals surface area contributed by atoms with E-state index in [4.69, 9.17) is 17.3 Å². The number of amides is 1. The van der Waals surface area contributed by atoms with Crippen molar-refractivity contribution in [3.05, 3.63) is 57.7 Å². The van der Waals surface area contributed by atoms with Crippen molar-refractivity contribution >= 4 is 34.1 Å². The molecule has 0 fully saturated rings. The van der Waals surface area contributed by atoms with Gasteiger partial charge in [0, 0.05) is 28.9 Å². The highest BCUT2D eigenvalue weighted by molar-refractivity contribution is 6.31. The summed E-state index contributed by atoms with van der Waals surface area (Å²) < 4.78 is 28.8. The number of aromatic nitrogens is 2. The maximum atomic E-state index is 14.1. The number of carbonyl (C=O) groups excluding carboxylic acids is 1. The van der Waals surface area contributed by atoms with E-state index in [9.17, 15) is 18.7 Å². The molecule has 0 spiro atoms. The second kappa shape index (κ2) is 4.90. The van der Waals surface area contributed by atoms with Gasteiger partial charge in [-0.1, -0.05) is 11.6 Å². The van der Waals surface area contributed by atoms with E-state index in [1.165, 1.54) is 19.2 Å². The lowest BCUT2D eigenvalue weighted by molar-refractivity contribution is 0.0479. The number of nitrogens with two attached hydrogens (primary N) is 1. The highest BCUT2D eigenvalue weighted by Gasteiger charge is 2.47. The largest absolute Gasteiger partial charge is 0.398 e. The lowest BCUT2D eigenvalue weighted by atomic mass is 9.91. The van der Waals surface area contributed by atoms with E-state index in [1.807, 2.05) is 0 Å². The van der Waals surface area contributed by atoms with E-state index in [0.717, 1.165) is 16.8 Å². The fraction of sp³-hybridized carbons (Fsp3) is 0.125. The average Bonchev–Trinajstić information content (AvgIpc) is 2.98. The Morgan fingerprint density at radius 3 is 2.80 bits per heavy atom. The molecule has 25 heavy (non-hydrogen) atoms. The van der Waals surface area contributed by atoms with Gasteiger partial charge in [-0.15, -0.1) is 0 Å². The first kappa shape index (κ1) is 15.8. The van der Waals surface area contributed by atoms with Gasteiger partial charge < -0.3 is 16.2 Å². The van der Waals surface area contributed by atoms with Gasteiger partial charge in [0.15, 0.2) is 5.72 Å². The van der Waals surface area contributed by atoms with Gasteiger partial charge in [-0.25, -0.2) is 9.07 Å². The molecule has 6 nitrogen and oxygen atoms in total. The van der Waals surface area contributed by atoms with Crippen LogP contribution in [0.5, 0.6) is 0 Å². The Bertz CT molecular complexity index is 1080. The summed E-state index contributed by atoms with van der Waals surface area (Å²) in [6.45, 7) is 0. The summed E-state index contributed by atoms with van der Waals surface area (Å²) in [4.78, 5) is 12.5. The van der Waals surface area contributed by atoms with Gasteiger partial charge in [-0.3, -0.25) is 4.79 Å². The monoisotopic (exact) mass is 364 g/mol. The van der Waals surface area contributed by atoms with Crippen molar-refractivity contribution in [2.75, 3.05) is 5.73 Å². The smallest absolute Gasteiger partial charge is 0.256 e.